The summed E-state index contributed by atoms with van der Waals surface area (Å²) in [6.45, 7) is 5.81. The first-order chi connectivity index (χ1) is 9.81. The van der Waals surface area contributed by atoms with Gasteiger partial charge in [-0.1, -0.05) is 33.0 Å². The number of rotatable bonds is 7. The summed E-state index contributed by atoms with van der Waals surface area (Å²) in [4.78, 5) is 18.3. The van der Waals surface area contributed by atoms with Crippen LogP contribution >= 0.6 is 24.3 Å². The Morgan fingerprint density at radius 1 is 1.24 bits per heavy atom. The van der Waals surface area contributed by atoms with Gasteiger partial charge in [0.2, 0.25) is 0 Å². The molecule has 0 radical (unpaired) electrons. The van der Waals surface area contributed by atoms with Crippen molar-refractivity contribution >= 4 is 34.9 Å². The van der Waals surface area contributed by atoms with Crippen LogP contribution in [0.3, 0.4) is 0 Å². The summed E-state index contributed by atoms with van der Waals surface area (Å²) < 4.78 is 9.96. The Balaban J connectivity index is 3.01. The molecular weight excluding hydrogens is 308 g/mol. The van der Waals surface area contributed by atoms with Crippen molar-refractivity contribution in [1.29, 1.82) is 0 Å². The Hall–Kier alpha value is -0.950. The average molecular weight is 328 g/mol. The van der Waals surface area contributed by atoms with Crippen LogP contribution in [0.15, 0.2) is 24.3 Å². The quantitative estimate of drug-likeness (QED) is 0.249. The van der Waals surface area contributed by atoms with Crippen molar-refractivity contribution in [2.45, 2.75) is 26.9 Å². The average Bonchev–Trinajstić information content (AvgIpc) is 2.46. The van der Waals surface area contributed by atoms with E-state index >= 15 is 0 Å². The molecule has 0 bridgehead atoms. The summed E-state index contributed by atoms with van der Waals surface area (Å²) in [7, 11) is 1.57. The Morgan fingerprint density at radius 3 is 2.24 bits per heavy atom. The van der Waals surface area contributed by atoms with Crippen LogP contribution in [-0.4, -0.2) is 30.1 Å². The predicted molar refractivity (Wildman–Crippen MR) is 88.9 cm³/mol. The van der Waals surface area contributed by atoms with Crippen LogP contribution in [0.2, 0.25) is 0 Å². The zero-order valence-electron chi connectivity index (χ0n) is 12.8. The van der Waals surface area contributed by atoms with Gasteiger partial charge in [-0.25, -0.2) is 4.89 Å². The van der Waals surface area contributed by atoms with Crippen LogP contribution in [0.1, 0.15) is 31.1 Å². The molecule has 1 aromatic rings. The van der Waals surface area contributed by atoms with Crippen LogP contribution in [0.4, 0.5) is 0 Å². The van der Waals surface area contributed by atoms with Gasteiger partial charge in [-0.15, -0.1) is 0 Å². The molecule has 4 nitrogen and oxygen atoms in total. The smallest absolute Gasteiger partial charge is 0.200 e. The van der Waals surface area contributed by atoms with E-state index in [1.807, 2.05) is 20.8 Å². The topological polar surface area (TPSA) is 44.8 Å². The Kier molecular flexibility index (Phi) is 6.80. The number of Topliss-reactive ketones (excluding diaryl/α,β-unsaturated/α-hetero) is 1. The lowest BCUT2D eigenvalue weighted by Crippen LogP contribution is -2.38. The van der Waals surface area contributed by atoms with Gasteiger partial charge in [0.15, 0.2) is 11.9 Å². The van der Waals surface area contributed by atoms with Crippen LogP contribution in [0.5, 0.6) is 5.75 Å². The van der Waals surface area contributed by atoms with E-state index in [2.05, 4.69) is 0 Å². The highest BCUT2D eigenvalue weighted by molar-refractivity contribution is 7.93. The summed E-state index contributed by atoms with van der Waals surface area (Å²) >= 11 is 6.41. The molecule has 0 aliphatic rings. The maximum absolute atomic E-state index is 12.6. The lowest BCUT2D eigenvalue weighted by Gasteiger charge is -2.25. The largest absolute Gasteiger partial charge is 0.497 e. The molecule has 0 amide bonds. The second kappa shape index (κ2) is 7.89. The lowest BCUT2D eigenvalue weighted by atomic mass is 9.86. The molecule has 21 heavy (non-hydrogen) atoms. The fraction of sp³-hybridized carbons (Fsp3) is 0.467. The summed E-state index contributed by atoms with van der Waals surface area (Å²) in [5.74, 6) is 0.453. The van der Waals surface area contributed by atoms with E-state index in [4.69, 9.17) is 26.2 Å². The highest BCUT2D eigenvalue weighted by Crippen LogP contribution is 2.24. The molecule has 0 spiro atoms. The van der Waals surface area contributed by atoms with E-state index < -0.39 is 6.10 Å². The molecule has 1 atom stereocenters. The van der Waals surface area contributed by atoms with E-state index in [0.29, 0.717) is 16.2 Å². The van der Waals surface area contributed by atoms with Crippen molar-refractivity contribution in [1.82, 2.24) is 0 Å². The Labute approximate surface area is 135 Å². The first kappa shape index (κ1) is 18.1. The van der Waals surface area contributed by atoms with Gasteiger partial charge in [0, 0.05) is 28.7 Å². The third-order valence-electron chi connectivity index (χ3n) is 2.79. The van der Waals surface area contributed by atoms with Gasteiger partial charge in [-0.05, 0) is 29.7 Å². The van der Waals surface area contributed by atoms with E-state index in [-0.39, 0.29) is 11.2 Å². The van der Waals surface area contributed by atoms with Crippen molar-refractivity contribution in [3.63, 3.8) is 0 Å². The number of benzene rings is 1. The molecule has 0 aliphatic heterocycles. The van der Waals surface area contributed by atoms with Gasteiger partial charge < -0.3 is 4.74 Å². The van der Waals surface area contributed by atoms with Gasteiger partial charge in [-0.2, -0.15) is 4.33 Å². The number of hydrogen-bond donors (Lipinski definition) is 0. The number of ether oxygens (including phenoxy) is 1. The number of ketones is 1. The Morgan fingerprint density at radius 2 is 1.81 bits per heavy atom. The third kappa shape index (κ3) is 5.07. The normalized spacial score (nSPS) is 12.8. The monoisotopic (exact) mass is 328 g/mol. The van der Waals surface area contributed by atoms with Gasteiger partial charge in [0.25, 0.3) is 0 Å². The van der Waals surface area contributed by atoms with Crippen LogP contribution in [0, 0.1) is 5.41 Å². The molecule has 1 aromatic carbocycles. The van der Waals surface area contributed by atoms with Crippen LogP contribution in [0.25, 0.3) is 0 Å². The predicted octanol–water partition coefficient (Wildman–Crippen LogP) is 3.89. The molecule has 0 fully saturated rings. The number of carbonyl (C=O) groups is 1. The van der Waals surface area contributed by atoms with Crippen LogP contribution < -0.4 is 4.74 Å². The number of hydrogen-bond acceptors (Lipinski definition) is 6. The van der Waals surface area contributed by atoms with Crippen molar-refractivity contribution in [3.8, 4) is 5.75 Å². The second-order valence-corrected chi connectivity index (χ2v) is 6.33. The van der Waals surface area contributed by atoms with Gasteiger partial charge in [0.1, 0.15) is 5.75 Å². The maximum atomic E-state index is 12.6. The highest BCUT2D eigenvalue weighted by atomic mass is 32.2. The minimum Gasteiger partial charge on any atom is -0.497 e. The third-order valence-corrected chi connectivity index (χ3v) is 3.83. The maximum Gasteiger partial charge on any atom is 0.200 e. The number of thiocarbonyl (C=S) groups is 1. The zero-order chi connectivity index (χ0) is 16.0. The summed E-state index contributed by atoms with van der Waals surface area (Å²) in [6.07, 6.45) is 0.788. The van der Waals surface area contributed by atoms with Crippen molar-refractivity contribution in [2.75, 3.05) is 13.4 Å². The molecule has 0 saturated carbocycles. The number of methoxy groups -OCH3 is 1. The van der Waals surface area contributed by atoms with Crippen molar-refractivity contribution in [2.24, 2.45) is 5.41 Å². The zero-order valence-corrected chi connectivity index (χ0v) is 14.5. The van der Waals surface area contributed by atoms with E-state index in [0.717, 1.165) is 12.0 Å². The molecule has 1 rings (SSSR count). The molecule has 0 aliphatic carbocycles. The second-order valence-electron chi connectivity index (χ2n) is 5.42. The van der Waals surface area contributed by atoms with Gasteiger partial charge in [0.05, 0.1) is 7.11 Å². The van der Waals surface area contributed by atoms with E-state index in [1.54, 1.807) is 37.6 Å². The molecule has 6 heteroatoms. The fourth-order valence-electron chi connectivity index (χ4n) is 1.58. The van der Waals surface area contributed by atoms with E-state index in [1.165, 1.54) is 0 Å². The Bertz CT molecular complexity index is 491. The van der Waals surface area contributed by atoms with Crippen molar-refractivity contribution in [3.05, 3.63) is 29.8 Å². The van der Waals surface area contributed by atoms with Gasteiger partial charge >= 0.3 is 0 Å². The first-order valence-corrected chi connectivity index (χ1v) is 7.95. The summed E-state index contributed by atoms with van der Waals surface area (Å²) in [6, 6.07) is 6.81. The van der Waals surface area contributed by atoms with E-state index in [9.17, 15) is 4.79 Å². The molecule has 0 heterocycles. The fourth-order valence-corrected chi connectivity index (χ4v) is 1.89. The molecule has 1 unspecified atom stereocenters. The van der Waals surface area contributed by atoms with Crippen molar-refractivity contribution < 1.29 is 18.8 Å². The lowest BCUT2D eigenvalue weighted by molar-refractivity contribution is -0.196. The first-order valence-electron chi connectivity index (χ1n) is 6.40. The molecule has 0 aromatic heterocycles. The minimum atomic E-state index is -0.916. The molecule has 0 saturated heterocycles. The molecular formula is C15H20O4S2. The SMILES string of the molecule is COc1ccc(C(=O)C(OOSC)C(=S)C(C)(C)C)cc1. The molecule has 116 valence electrons. The summed E-state index contributed by atoms with van der Waals surface area (Å²) in [5, 5.41) is 0. The van der Waals surface area contributed by atoms with Crippen LogP contribution in [-0.2, 0) is 9.22 Å². The molecule has 0 N–H and O–H groups in total. The van der Waals surface area contributed by atoms with Gasteiger partial charge in [-0.3, -0.25) is 4.79 Å². The standard InChI is InChI=1S/C15H20O4S2/c1-15(2,3)14(20)13(18-19-21-5)12(16)10-6-8-11(17-4)9-7-10/h6-9,13H,1-5H3. The number of carbonyl (C=O) groups excluding carboxylic acids is 1. The summed E-state index contributed by atoms with van der Waals surface area (Å²) in [5.41, 5.74) is 0.154. The highest BCUT2D eigenvalue weighted by Gasteiger charge is 2.33. The minimum absolute atomic E-state index is 0.230.